The van der Waals surface area contributed by atoms with E-state index < -0.39 is 22.5 Å². The van der Waals surface area contributed by atoms with Crippen LogP contribution in [0.2, 0.25) is 0 Å². The van der Waals surface area contributed by atoms with Gasteiger partial charge in [0.25, 0.3) is 0 Å². The standard InChI is InChI=1S/C24H31N5O5S/c1-15-9-19(34-6)10-16(2)24(15)35(32,33)29(5)14-22(30)25-12-23(31)28(4)13-18-7-8-20-21(11-18)27-17(3)26-20/h7-11H,12-14H2,1-6H3,(H,25,30)(H,26,27). The molecule has 0 atom stereocenters. The summed E-state index contributed by atoms with van der Waals surface area (Å²) in [6.45, 7) is 4.92. The second-order valence-electron chi connectivity index (χ2n) is 8.55. The number of hydrogen-bond donors (Lipinski definition) is 2. The number of aryl methyl sites for hydroxylation is 3. The summed E-state index contributed by atoms with van der Waals surface area (Å²) < 4.78 is 32.3. The summed E-state index contributed by atoms with van der Waals surface area (Å²) in [5, 5.41) is 2.51. The van der Waals surface area contributed by atoms with Gasteiger partial charge in [-0.3, -0.25) is 9.59 Å². The number of rotatable bonds is 9. The number of methoxy groups -OCH3 is 1. The first-order chi connectivity index (χ1) is 16.4. The highest BCUT2D eigenvalue weighted by molar-refractivity contribution is 7.89. The Balaban J connectivity index is 1.57. The highest BCUT2D eigenvalue weighted by atomic mass is 32.2. The molecule has 188 valence electrons. The molecule has 2 aromatic carbocycles. The molecule has 0 saturated carbocycles. The second kappa shape index (κ2) is 10.4. The predicted molar refractivity (Wildman–Crippen MR) is 133 cm³/mol. The number of hydrogen-bond acceptors (Lipinski definition) is 6. The fourth-order valence-corrected chi connectivity index (χ4v) is 5.41. The third-order valence-corrected chi connectivity index (χ3v) is 7.76. The molecule has 0 fully saturated rings. The molecule has 0 spiro atoms. The van der Waals surface area contributed by atoms with Crippen molar-refractivity contribution in [2.45, 2.75) is 32.2 Å². The van der Waals surface area contributed by atoms with Gasteiger partial charge in [0, 0.05) is 20.6 Å². The van der Waals surface area contributed by atoms with Crippen molar-refractivity contribution in [1.29, 1.82) is 0 Å². The lowest BCUT2D eigenvalue weighted by molar-refractivity contribution is -0.132. The first kappa shape index (κ1) is 26.2. The Morgan fingerprint density at radius 2 is 1.74 bits per heavy atom. The zero-order valence-corrected chi connectivity index (χ0v) is 21.6. The molecule has 0 saturated heterocycles. The van der Waals surface area contributed by atoms with Gasteiger partial charge >= 0.3 is 0 Å². The third kappa shape index (κ3) is 5.98. The number of likely N-dealkylation sites (N-methyl/N-ethyl adjacent to an activating group) is 2. The maximum atomic E-state index is 13.1. The number of carbonyl (C=O) groups excluding carboxylic acids is 2. The number of nitrogens with zero attached hydrogens (tertiary/aromatic N) is 3. The van der Waals surface area contributed by atoms with E-state index in [1.54, 1.807) is 33.0 Å². The SMILES string of the molecule is COc1cc(C)c(S(=O)(=O)N(C)CC(=O)NCC(=O)N(C)Cc2ccc3[nH]c(C)nc3c2)c(C)c1. The Morgan fingerprint density at radius 3 is 2.37 bits per heavy atom. The van der Waals surface area contributed by atoms with E-state index in [4.69, 9.17) is 4.74 Å². The summed E-state index contributed by atoms with van der Waals surface area (Å²) >= 11 is 0. The number of aromatic nitrogens is 2. The number of carbonyl (C=O) groups is 2. The molecule has 0 aliphatic rings. The van der Waals surface area contributed by atoms with Gasteiger partial charge in [0.1, 0.15) is 11.6 Å². The largest absolute Gasteiger partial charge is 0.497 e. The topological polar surface area (TPSA) is 125 Å². The Morgan fingerprint density at radius 1 is 1.09 bits per heavy atom. The molecule has 3 rings (SSSR count). The van der Waals surface area contributed by atoms with Crippen LogP contribution in [-0.2, 0) is 26.2 Å². The van der Waals surface area contributed by atoms with Crippen molar-refractivity contribution in [2.24, 2.45) is 0 Å². The van der Waals surface area contributed by atoms with Crippen molar-refractivity contribution in [3.63, 3.8) is 0 Å². The molecular weight excluding hydrogens is 470 g/mol. The van der Waals surface area contributed by atoms with Gasteiger partial charge in [-0.25, -0.2) is 13.4 Å². The Hall–Kier alpha value is -3.44. The minimum atomic E-state index is -3.92. The van der Waals surface area contributed by atoms with Crippen molar-refractivity contribution in [3.05, 3.63) is 52.8 Å². The lowest BCUT2D eigenvalue weighted by atomic mass is 10.1. The molecule has 0 unspecified atom stereocenters. The number of imidazole rings is 1. The van der Waals surface area contributed by atoms with Gasteiger partial charge in [0.05, 0.1) is 36.1 Å². The molecular formula is C24H31N5O5S. The number of benzene rings is 2. The first-order valence-corrected chi connectivity index (χ1v) is 12.4. The molecule has 35 heavy (non-hydrogen) atoms. The number of ether oxygens (including phenoxy) is 1. The minimum Gasteiger partial charge on any atom is -0.497 e. The van der Waals surface area contributed by atoms with Gasteiger partial charge in [-0.15, -0.1) is 0 Å². The van der Waals surface area contributed by atoms with Gasteiger partial charge in [-0.05, 0) is 61.7 Å². The second-order valence-corrected chi connectivity index (χ2v) is 10.5. The van der Waals surface area contributed by atoms with Crippen LogP contribution in [0.5, 0.6) is 5.75 Å². The molecule has 0 aliphatic carbocycles. The van der Waals surface area contributed by atoms with Gasteiger partial charge < -0.3 is 19.9 Å². The Bertz CT molecular complexity index is 1340. The molecule has 2 N–H and O–H groups in total. The van der Waals surface area contributed by atoms with Crippen molar-refractivity contribution in [1.82, 2.24) is 24.5 Å². The van der Waals surface area contributed by atoms with Crippen molar-refractivity contribution >= 4 is 32.9 Å². The number of H-pyrrole nitrogens is 1. The average molecular weight is 502 g/mol. The van der Waals surface area contributed by atoms with Crippen molar-refractivity contribution < 1.29 is 22.7 Å². The van der Waals surface area contributed by atoms with E-state index in [1.165, 1.54) is 19.1 Å². The molecule has 0 aliphatic heterocycles. The molecule has 0 bridgehead atoms. The Kier molecular flexibility index (Phi) is 7.81. The molecule has 1 aromatic heterocycles. The Labute approximate surface area is 205 Å². The maximum Gasteiger partial charge on any atom is 0.243 e. The number of aromatic amines is 1. The van der Waals surface area contributed by atoms with Crippen LogP contribution in [0, 0.1) is 20.8 Å². The van der Waals surface area contributed by atoms with Crippen LogP contribution in [0.25, 0.3) is 11.0 Å². The highest BCUT2D eigenvalue weighted by Gasteiger charge is 2.27. The molecule has 1 heterocycles. The fraction of sp³-hybridized carbons (Fsp3) is 0.375. The van der Waals surface area contributed by atoms with Crippen LogP contribution in [0.1, 0.15) is 22.5 Å². The molecule has 3 aromatic rings. The van der Waals surface area contributed by atoms with Gasteiger partial charge in [-0.2, -0.15) is 4.31 Å². The summed E-state index contributed by atoms with van der Waals surface area (Å²) in [5.41, 5.74) is 3.69. The zero-order chi connectivity index (χ0) is 25.9. The summed E-state index contributed by atoms with van der Waals surface area (Å²) in [6.07, 6.45) is 0. The van der Waals surface area contributed by atoms with Crippen LogP contribution in [0.3, 0.4) is 0 Å². The quantitative estimate of drug-likeness (QED) is 0.461. The normalized spacial score (nSPS) is 11.6. The summed E-state index contributed by atoms with van der Waals surface area (Å²) in [6, 6.07) is 8.99. The van der Waals surface area contributed by atoms with Gasteiger partial charge in [0.15, 0.2) is 0 Å². The third-order valence-electron chi connectivity index (χ3n) is 5.65. The van der Waals surface area contributed by atoms with Crippen LogP contribution < -0.4 is 10.1 Å². The van der Waals surface area contributed by atoms with E-state index >= 15 is 0 Å². The molecule has 2 amide bonds. The number of sulfonamides is 1. The summed E-state index contributed by atoms with van der Waals surface area (Å²) in [5.74, 6) is 0.494. The molecule has 11 heteroatoms. The van der Waals surface area contributed by atoms with Crippen molar-refractivity contribution in [2.75, 3.05) is 34.3 Å². The highest BCUT2D eigenvalue weighted by Crippen LogP contribution is 2.27. The summed E-state index contributed by atoms with van der Waals surface area (Å²) in [7, 11) is 0.562. The van der Waals surface area contributed by atoms with E-state index in [0.29, 0.717) is 23.4 Å². The van der Waals surface area contributed by atoms with E-state index in [2.05, 4.69) is 15.3 Å². The average Bonchev–Trinajstić information content (AvgIpc) is 3.15. The first-order valence-electron chi connectivity index (χ1n) is 11.0. The number of nitrogens with one attached hydrogen (secondary N) is 2. The van der Waals surface area contributed by atoms with E-state index in [9.17, 15) is 18.0 Å². The van der Waals surface area contributed by atoms with Crippen LogP contribution >= 0.6 is 0 Å². The lowest BCUT2D eigenvalue weighted by Crippen LogP contribution is -2.43. The van der Waals surface area contributed by atoms with Crippen LogP contribution in [0.15, 0.2) is 35.2 Å². The molecule has 0 radical (unpaired) electrons. The van der Waals surface area contributed by atoms with E-state index in [0.717, 1.165) is 26.7 Å². The maximum absolute atomic E-state index is 13.1. The monoisotopic (exact) mass is 501 g/mol. The van der Waals surface area contributed by atoms with E-state index in [1.807, 2.05) is 25.1 Å². The predicted octanol–water partition coefficient (Wildman–Crippen LogP) is 1.89. The van der Waals surface area contributed by atoms with Crippen molar-refractivity contribution in [3.8, 4) is 5.75 Å². The molecule has 10 nitrogen and oxygen atoms in total. The lowest BCUT2D eigenvalue weighted by Gasteiger charge is -2.21. The van der Waals surface area contributed by atoms with Crippen LogP contribution in [-0.4, -0.2) is 73.7 Å². The number of amides is 2. The smallest absolute Gasteiger partial charge is 0.243 e. The minimum absolute atomic E-state index is 0.133. The van der Waals surface area contributed by atoms with Crippen LogP contribution in [0.4, 0.5) is 0 Å². The zero-order valence-electron chi connectivity index (χ0n) is 20.8. The van der Waals surface area contributed by atoms with E-state index in [-0.39, 0.29) is 17.3 Å². The number of fused-ring (bicyclic) bond motifs is 1. The summed E-state index contributed by atoms with van der Waals surface area (Å²) in [4.78, 5) is 34.1. The fourth-order valence-electron chi connectivity index (χ4n) is 3.88. The van der Waals surface area contributed by atoms with Gasteiger partial charge in [0.2, 0.25) is 21.8 Å². The van der Waals surface area contributed by atoms with Gasteiger partial charge in [-0.1, -0.05) is 6.07 Å².